The highest BCUT2D eigenvalue weighted by atomic mass is 16.4. The Hall–Kier alpha value is -2.21. The molecule has 1 aromatic heterocycles. The maximum absolute atomic E-state index is 11.9. The molecule has 1 amide bonds. The molecule has 19 heavy (non-hydrogen) atoms. The van der Waals surface area contributed by atoms with Crippen LogP contribution < -0.4 is 10.6 Å². The average Bonchev–Trinajstić information content (AvgIpc) is 3.13. The van der Waals surface area contributed by atoms with E-state index in [1.165, 1.54) is 6.39 Å². The average molecular weight is 258 g/mol. The van der Waals surface area contributed by atoms with Crippen molar-refractivity contribution in [1.82, 2.24) is 15.5 Å². The molecule has 0 aliphatic carbocycles. The van der Waals surface area contributed by atoms with Crippen molar-refractivity contribution in [3.63, 3.8) is 0 Å². The second-order valence-electron chi connectivity index (χ2n) is 4.46. The minimum atomic E-state index is -0.0735. The lowest BCUT2D eigenvalue weighted by atomic mass is 10.2. The fraction of sp³-hybridized carbons (Fsp3) is 0.308. The van der Waals surface area contributed by atoms with E-state index < -0.39 is 0 Å². The van der Waals surface area contributed by atoms with E-state index in [4.69, 9.17) is 4.42 Å². The van der Waals surface area contributed by atoms with Gasteiger partial charge in [0.1, 0.15) is 0 Å². The summed E-state index contributed by atoms with van der Waals surface area (Å²) in [6.07, 6.45) is 3.23. The van der Waals surface area contributed by atoms with Crippen LogP contribution in [-0.4, -0.2) is 28.7 Å². The zero-order valence-electron chi connectivity index (χ0n) is 10.3. The molecule has 0 radical (unpaired) electrons. The maximum Gasteiger partial charge on any atom is 0.247 e. The minimum absolute atomic E-state index is 0.0167. The third-order valence-corrected chi connectivity index (χ3v) is 3.14. The molecule has 1 atom stereocenters. The number of anilines is 1. The number of hydrogen-bond donors (Lipinski definition) is 2. The van der Waals surface area contributed by atoms with Crippen LogP contribution in [0.1, 0.15) is 12.8 Å². The van der Waals surface area contributed by atoms with Crippen LogP contribution in [0.25, 0.3) is 11.5 Å². The van der Waals surface area contributed by atoms with Crippen LogP contribution in [0.5, 0.6) is 0 Å². The molecule has 6 heteroatoms. The molecule has 1 aromatic carbocycles. The molecule has 0 spiro atoms. The number of carbonyl (C=O) groups excluding carboxylic acids is 1. The first-order valence-electron chi connectivity index (χ1n) is 6.24. The smallest absolute Gasteiger partial charge is 0.247 e. The lowest BCUT2D eigenvalue weighted by Gasteiger charge is -2.11. The van der Waals surface area contributed by atoms with Crippen molar-refractivity contribution < 1.29 is 9.21 Å². The lowest BCUT2D eigenvalue weighted by molar-refractivity contribution is -0.117. The van der Waals surface area contributed by atoms with Gasteiger partial charge < -0.3 is 15.1 Å². The Bertz CT molecular complexity index is 545. The van der Waals surface area contributed by atoms with Crippen molar-refractivity contribution >= 4 is 11.6 Å². The van der Waals surface area contributed by atoms with E-state index in [1.54, 1.807) is 0 Å². The van der Waals surface area contributed by atoms with Gasteiger partial charge in [-0.05, 0) is 43.7 Å². The third-order valence-electron chi connectivity index (χ3n) is 3.14. The van der Waals surface area contributed by atoms with Gasteiger partial charge in [-0.15, -0.1) is 10.2 Å². The first kappa shape index (κ1) is 11.9. The largest absolute Gasteiger partial charge is 0.423 e. The topological polar surface area (TPSA) is 80.1 Å². The van der Waals surface area contributed by atoms with Crippen LogP contribution >= 0.6 is 0 Å². The molecule has 0 bridgehead atoms. The van der Waals surface area contributed by atoms with Crippen molar-refractivity contribution in [2.75, 3.05) is 11.9 Å². The van der Waals surface area contributed by atoms with E-state index in [1.807, 2.05) is 24.3 Å². The summed E-state index contributed by atoms with van der Waals surface area (Å²) in [6.45, 7) is 0.911. The molecular weight excluding hydrogens is 244 g/mol. The van der Waals surface area contributed by atoms with Gasteiger partial charge in [0, 0.05) is 11.3 Å². The Morgan fingerprint density at radius 3 is 2.84 bits per heavy atom. The number of nitrogens with zero attached hydrogens (tertiary/aromatic N) is 2. The van der Waals surface area contributed by atoms with Crippen molar-refractivity contribution in [3.05, 3.63) is 30.7 Å². The normalized spacial score (nSPS) is 18.4. The summed E-state index contributed by atoms with van der Waals surface area (Å²) in [5.74, 6) is 0.485. The van der Waals surface area contributed by atoms with E-state index >= 15 is 0 Å². The zero-order valence-corrected chi connectivity index (χ0v) is 10.3. The molecule has 2 N–H and O–H groups in total. The molecule has 98 valence electrons. The van der Waals surface area contributed by atoms with Gasteiger partial charge in [0.25, 0.3) is 0 Å². The standard InChI is InChI=1S/C13H14N4O2/c18-12(11-2-1-7-14-11)16-10-5-3-9(4-6-10)13-17-15-8-19-13/h3-6,8,11,14H,1-2,7H2,(H,16,18). The van der Waals surface area contributed by atoms with Gasteiger partial charge in [0.2, 0.25) is 18.2 Å². The molecule has 0 saturated carbocycles. The molecule has 1 fully saturated rings. The zero-order chi connectivity index (χ0) is 13.1. The van der Waals surface area contributed by atoms with E-state index in [-0.39, 0.29) is 11.9 Å². The summed E-state index contributed by atoms with van der Waals surface area (Å²) in [7, 11) is 0. The number of rotatable bonds is 3. The third kappa shape index (κ3) is 2.63. The summed E-state index contributed by atoms with van der Waals surface area (Å²) < 4.78 is 5.10. The maximum atomic E-state index is 11.9. The van der Waals surface area contributed by atoms with Gasteiger partial charge in [0.05, 0.1) is 6.04 Å². The molecule has 3 rings (SSSR count). The van der Waals surface area contributed by atoms with Crippen molar-refractivity contribution in [2.45, 2.75) is 18.9 Å². The second kappa shape index (κ2) is 5.19. The predicted molar refractivity (Wildman–Crippen MR) is 69.4 cm³/mol. The molecule has 6 nitrogen and oxygen atoms in total. The van der Waals surface area contributed by atoms with Crippen LogP contribution in [0.4, 0.5) is 5.69 Å². The summed E-state index contributed by atoms with van der Waals surface area (Å²) >= 11 is 0. The van der Waals surface area contributed by atoms with Crippen LogP contribution in [0.2, 0.25) is 0 Å². The van der Waals surface area contributed by atoms with Gasteiger partial charge in [-0.2, -0.15) is 0 Å². The highest BCUT2D eigenvalue weighted by Gasteiger charge is 2.21. The van der Waals surface area contributed by atoms with Crippen LogP contribution in [0.15, 0.2) is 35.1 Å². The summed E-state index contributed by atoms with van der Waals surface area (Å²) in [6, 6.07) is 7.26. The Labute approximate surface area is 110 Å². The van der Waals surface area contributed by atoms with Crippen LogP contribution in [0.3, 0.4) is 0 Å². The highest BCUT2D eigenvalue weighted by molar-refractivity contribution is 5.95. The fourth-order valence-electron chi connectivity index (χ4n) is 2.13. The Morgan fingerprint density at radius 1 is 1.37 bits per heavy atom. The number of benzene rings is 1. The first-order valence-corrected chi connectivity index (χ1v) is 6.24. The molecular formula is C13H14N4O2. The first-order chi connectivity index (χ1) is 9.33. The van der Waals surface area contributed by atoms with Crippen molar-refractivity contribution in [1.29, 1.82) is 0 Å². The van der Waals surface area contributed by atoms with Gasteiger partial charge in [0.15, 0.2) is 0 Å². The SMILES string of the molecule is O=C(Nc1ccc(-c2nnco2)cc1)C1CCCN1. The minimum Gasteiger partial charge on any atom is -0.423 e. The Kier molecular flexibility index (Phi) is 3.24. The molecule has 2 aromatic rings. The Morgan fingerprint density at radius 2 is 2.21 bits per heavy atom. The lowest BCUT2D eigenvalue weighted by Crippen LogP contribution is -2.35. The Balaban J connectivity index is 1.67. The molecule has 1 saturated heterocycles. The number of hydrogen-bond acceptors (Lipinski definition) is 5. The monoisotopic (exact) mass is 258 g/mol. The summed E-state index contributed by atoms with van der Waals surface area (Å²) in [5.41, 5.74) is 1.59. The van der Waals surface area contributed by atoms with Crippen molar-refractivity contribution in [3.8, 4) is 11.5 Å². The van der Waals surface area contributed by atoms with Crippen LogP contribution in [0, 0.1) is 0 Å². The second-order valence-corrected chi connectivity index (χ2v) is 4.46. The number of carbonyl (C=O) groups is 1. The number of nitrogens with one attached hydrogen (secondary N) is 2. The van der Waals surface area contributed by atoms with Gasteiger partial charge in [-0.25, -0.2) is 0 Å². The van der Waals surface area contributed by atoms with Gasteiger partial charge >= 0.3 is 0 Å². The molecule has 1 unspecified atom stereocenters. The van der Waals surface area contributed by atoms with E-state index in [2.05, 4.69) is 20.8 Å². The van der Waals surface area contributed by atoms with Crippen molar-refractivity contribution in [2.24, 2.45) is 0 Å². The fourth-order valence-corrected chi connectivity index (χ4v) is 2.13. The number of aromatic nitrogens is 2. The van der Waals surface area contributed by atoms with Gasteiger partial charge in [-0.3, -0.25) is 4.79 Å². The highest BCUT2D eigenvalue weighted by Crippen LogP contribution is 2.19. The molecule has 2 heterocycles. The van der Waals surface area contributed by atoms with Gasteiger partial charge in [-0.1, -0.05) is 0 Å². The summed E-state index contributed by atoms with van der Waals surface area (Å²) in [4.78, 5) is 11.9. The number of amides is 1. The van der Waals surface area contributed by atoms with E-state index in [0.29, 0.717) is 5.89 Å². The quantitative estimate of drug-likeness (QED) is 0.870. The van der Waals surface area contributed by atoms with Crippen LogP contribution in [-0.2, 0) is 4.79 Å². The molecule has 1 aliphatic heterocycles. The summed E-state index contributed by atoms with van der Waals surface area (Å²) in [5, 5.41) is 13.5. The predicted octanol–water partition coefficient (Wildman–Crippen LogP) is 1.43. The van der Waals surface area contributed by atoms with E-state index in [0.717, 1.165) is 30.6 Å². The molecule has 1 aliphatic rings. The van der Waals surface area contributed by atoms with E-state index in [9.17, 15) is 4.79 Å².